The van der Waals surface area contributed by atoms with Gasteiger partial charge in [-0.25, -0.2) is 0 Å². The highest BCUT2D eigenvalue weighted by molar-refractivity contribution is 5.98. The molecule has 0 aromatic heterocycles. The molecule has 2 aromatic rings. The number of carbonyl (C=O) groups excluding carboxylic acids is 2. The predicted molar refractivity (Wildman–Crippen MR) is 97.8 cm³/mol. The molecule has 3 N–H and O–H groups in total. The monoisotopic (exact) mass is 365 g/mol. The highest BCUT2D eigenvalue weighted by atomic mass is 16.3. The van der Waals surface area contributed by atoms with Crippen molar-refractivity contribution >= 4 is 11.8 Å². The minimum absolute atomic E-state index is 0.0452. The first-order chi connectivity index (χ1) is 13.0. The SMILES string of the molecule is N#Cc1ccc(O)c(-c2ccc(C(=O)N3CCNC(=O)[C@@H]3CCO)cc2)c1. The number of benzene rings is 2. The molecule has 1 heterocycles. The maximum Gasteiger partial charge on any atom is 0.254 e. The number of nitrogens with zero attached hydrogens (tertiary/aromatic N) is 2. The Labute approximate surface area is 156 Å². The number of aromatic hydroxyl groups is 1. The minimum atomic E-state index is -0.688. The van der Waals surface area contributed by atoms with Gasteiger partial charge in [0.15, 0.2) is 0 Å². The lowest BCUT2D eigenvalue weighted by Crippen LogP contribution is -2.57. The van der Waals surface area contributed by atoms with Gasteiger partial charge in [-0.05, 0) is 42.3 Å². The van der Waals surface area contributed by atoms with Gasteiger partial charge in [0.05, 0.1) is 11.6 Å². The van der Waals surface area contributed by atoms with Gasteiger partial charge in [0.2, 0.25) is 5.91 Å². The standard InChI is InChI=1S/C20H19N3O4/c21-12-13-1-6-18(25)16(11-13)14-2-4-15(5-3-14)20(27)23-9-8-22-19(26)17(23)7-10-24/h1-6,11,17,24-25H,7-10H2,(H,22,26)/t17-/m0/s1. The molecule has 0 spiro atoms. The molecule has 7 nitrogen and oxygen atoms in total. The summed E-state index contributed by atoms with van der Waals surface area (Å²) in [6.45, 7) is 0.566. The molecule has 1 aliphatic rings. The fraction of sp³-hybridized carbons (Fsp3) is 0.250. The van der Waals surface area contributed by atoms with Gasteiger partial charge in [-0.3, -0.25) is 9.59 Å². The number of aliphatic hydroxyl groups is 1. The molecule has 0 saturated carbocycles. The largest absolute Gasteiger partial charge is 0.507 e. The number of carbonyl (C=O) groups is 2. The van der Waals surface area contributed by atoms with Crippen molar-refractivity contribution in [1.29, 1.82) is 5.26 Å². The van der Waals surface area contributed by atoms with Crippen LogP contribution in [0.2, 0.25) is 0 Å². The van der Waals surface area contributed by atoms with Crippen LogP contribution in [0.4, 0.5) is 0 Å². The zero-order valence-corrected chi connectivity index (χ0v) is 14.6. The maximum absolute atomic E-state index is 12.8. The van der Waals surface area contributed by atoms with E-state index >= 15 is 0 Å². The Hall–Kier alpha value is -3.37. The molecule has 0 bridgehead atoms. The van der Waals surface area contributed by atoms with Crippen molar-refractivity contribution in [3.05, 3.63) is 53.6 Å². The zero-order chi connectivity index (χ0) is 19.4. The molecule has 1 fully saturated rings. The molecule has 0 aliphatic carbocycles. The summed E-state index contributed by atoms with van der Waals surface area (Å²) in [4.78, 5) is 26.3. The number of amides is 2. The Balaban J connectivity index is 1.86. The van der Waals surface area contributed by atoms with Crippen LogP contribution in [0.25, 0.3) is 11.1 Å². The molecule has 0 radical (unpaired) electrons. The third-order valence-electron chi connectivity index (χ3n) is 4.56. The summed E-state index contributed by atoms with van der Waals surface area (Å²) in [6, 6.07) is 12.5. The molecule has 2 amide bonds. The van der Waals surface area contributed by atoms with Crippen LogP contribution in [0.5, 0.6) is 5.75 Å². The van der Waals surface area contributed by atoms with Crippen LogP contribution in [0, 0.1) is 11.3 Å². The fourth-order valence-electron chi connectivity index (χ4n) is 3.16. The molecule has 0 unspecified atom stereocenters. The Bertz CT molecular complexity index is 902. The van der Waals surface area contributed by atoms with E-state index in [2.05, 4.69) is 5.32 Å². The molecular formula is C20H19N3O4. The summed E-state index contributed by atoms with van der Waals surface area (Å²) in [5.41, 5.74) is 2.01. The molecular weight excluding hydrogens is 346 g/mol. The van der Waals surface area contributed by atoms with Crippen LogP contribution in [-0.2, 0) is 4.79 Å². The van der Waals surface area contributed by atoms with Crippen LogP contribution in [-0.4, -0.2) is 52.7 Å². The number of nitriles is 1. The lowest BCUT2D eigenvalue weighted by molar-refractivity contribution is -0.128. The molecule has 3 rings (SSSR count). The van der Waals surface area contributed by atoms with Crippen LogP contribution < -0.4 is 5.32 Å². The van der Waals surface area contributed by atoms with E-state index < -0.39 is 6.04 Å². The van der Waals surface area contributed by atoms with Gasteiger partial charge in [0.1, 0.15) is 11.8 Å². The number of hydrogen-bond acceptors (Lipinski definition) is 5. The van der Waals surface area contributed by atoms with Crippen molar-refractivity contribution in [1.82, 2.24) is 10.2 Å². The number of nitrogens with one attached hydrogen (secondary N) is 1. The smallest absolute Gasteiger partial charge is 0.254 e. The molecule has 7 heteroatoms. The highest BCUT2D eigenvalue weighted by Gasteiger charge is 2.32. The van der Waals surface area contributed by atoms with Gasteiger partial charge in [-0.15, -0.1) is 0 Å². The Morgan fingerprint density at radius 3 is 2.67 bits per heavy atom. The summed E-state index contributed by atoms with van der Waals surface area (Å²) in [7, 11) is 0. The second-order valence-electron chi connectivity index (χ2n) is 6.24. The average molecular weight is 365 g/mol. The van der Waals surface area contributed by atoms with Crippen LogP contribution in [0.1, 0.15) is 22.3 Å². The normalized spacial score (nSPS) is 16.5. The lowest BCUT2D eigenvalue weighted by atomic mass is 10.00. The second kappa shape index (κ2) is 7.89. The lowest BCUT2D eigenvalue weighted by Gasteiger charge is -2.34. The van der Waals surface area contributed by atoms with E-state index in [9.17, 15) is 19.8 Å². The first-order valence-electron chi connectivity index (χ1n) is 8.58. The zero-order valence-electron chi connectivity index (χ0n) is 14.6. The van der Waals surface area contributed by atoms with Crippen molar-refractivity contribution in [3.8, 4) is 22.9 Å². The van der Waals surface area contributed by atoms with E-state index in [-0.39, 0.29) is 30.6 Å². The van der Waals surface area contributed by atoms with Crippen molar-refractivity contribution in [2.75, 3.05) is 19.7 Å². The van der Waals surface area contributed by atoms with Gasteiger partial charge in [0.25, 0.3) is 5.91 Å². The topological polar surface area (TPSA) is 114 Å². The number of aliphatic hydroxyl groups excluding tert-OH is 1. The van der Waals surface area contributed by atoms with Gasteiger partial charge in [-0.2, -0.15) is 5.26 Å². The van der Waals surface area contributed by atoms with Crippen molar-refractivity contribution < 1.29 is 19.8 Å². The number of hydrogen-bond donors (Lipinski definition) is 3. The quantitative estimate of drug-likeness (QED) is 0.755. The van der Waals surface area contributed by atoms with Gasteiger partial charge in [-0.1, -0.05) is 12.1 Å². The number of phenolic OH excluding ortho intramolecular Hbond substituents is 1. The van der Waals surface area contributed by atoms with Gasteiger partial charge >= 0.3 is 0 Å². The fourth-order valence-corrected chi connectivity index (χ4v) is 3.16. The summed E-state index contributed by atoms with van der Waals surface area (Å²) in [6.07, 6.45) is 0.185. The Kier molecular flexibility index (Phi) is 5.38. The van der Waals surface area contributed by atoms with Crippen LogP contribution in [0.15, 0.2) is 42.5 Å². The van der Waals surface area contributed by atoms with Crippen molar-refractivity contribution in [2.45, 2.75) is 12.5 Å². The summed E-state index contributed by atoms with van der Waals surface area (Å²) in [5.74, 6) is -0.507. The third kappa shape index (κ3) is 3.76. The van der Waals surface area contributed by atoms with Crippen LogP contribution >= 0.6 is 0 Å². The molecule has 27 heavy (non-hydrogen) atoms. The average Bonchev–Trinajstić information content (AvgIpc) is 2.70. The summed E-state index contributed by atoms with van der Waals surface area (Å²) < 4.78 is 0. The Morgan fingerprint density at radius 1 is 1.26 bits per heavy atom. The van der Waals surface area contributed by atoms with Gasteiger partial charge < -0.3 is 20.4 Å². The highest BCUT2D eigenvalue weighted by Crippen LogP contribution is 2.30. The number of phenols is 1. The van der Waals surface area contributed by atoms with E-state index in [1.54, 1.807) is 30.3 Å². The maximum atomic E-state index is 12.8. The van der Waals surface area contributed by atoms with Crippen molar-refractivity contribution in [2.24, 2.45) is 0 Å². The van der Waals surface area contributed by atoms with Gasteiger partial charge in [0, 0.05) is 30.8 Å². The molecule has 138 valence electrons. The van der Waals surface area contributed by atoms with Crippen molar-refractivity contribution in [3.63, 3.8) is 0 Å². The van der Waals surface area contributed by atoms with E-state index in [1.165, 1.54) is 17.0 Å². The number of piperazine rings is 1. The first kappa shape index (κ1) is 18.4. The Morgan fingerprint density at radius 2 is 2.00 bits per heavy atom. The third-order valence-corrected chi connectivity index (χ3v) is 4.56. The predicted octanol–water partition coefficient (Wildman–Crippen LogP) is 1.25. The van der Waals surface area contributed by atoms with E-state index in [0.29, 0.717) is 35.3 Å². The molecule has 2 aromatic carbocycles. The molecule has 1 atom stereocenters. The second-order valence-corrected chi connectivity index (χ2v) is 6.24. The van der Waals surface area contributed by atoms with E-state index in [0.717, 1.165) is 0 Å². The summed E-state index contributed by atoms with van der Waals surface area (Å²) >= 11 is 0. The van der Waals surface area contributed by atoms with Crippen LogP contribution in [0.3, 0.4) is 0 Å². The number of rotatable bonds is 4. The molecule has 1 saturated heterocycles. The first-order valence-corrected chi connectivity index (χ1v) is 8.58. The van der Waals surface area contributed by atoms with E-state index in [1.807, 2.05) is 6.07 Å². The summed E-state index contributed by atoms with van der Waals surface area (Å²) in [5, 5.41) is 30.9. The minimum Gasteiger partial charge on any atom is -0.507 e. The van der Waals surface area contributed by atoms with E-state index in [4.69, 9.17) is 5.26 Å². The molecule has 1 aliphatic heterocycles.